The van der Waals surface area contributed by atoms with Crippen LogP contribution < -0.4 is 14.8 Å². The molecule has 0 radical (unpaired) electrons. The van der Waals surface area contributed by atoms with E-state index in [1.54, 1.807) is 24.3 Å². The van der Waals surface area contributed by atoms with Gasteiger partial charge in [0.15, 0.2) is 0 Å². The van der Waals surface area contributed by atoms with Crippen LogP contribution in [0.1, 0.15) is 44.1 Å². The van der Waals surface area contributed by atoms with E-state index >= 15 is 0 Å². The standard InChI is InChI=1S/C28H38N4O4S.ClH/c1-3-4-18-32(25-6-5-7-25)28(33)29-23-16-19-31(20-17-23)21-22-8-12-26(13-9-22)36-27-14-10-24(11-15-27)30-37(2,34)35;/h3,8-15,23,25,30H,1,4-7,16-21H2,2H3,(H,29,33);1H. The highest BCUT2D eigenvalue weighted by Crippen LogP contribution is 2.26. The smallest absolute Gasteiger partial charge is 0.317 e. The summed E-state index contributed by atoms with van der Waals surface area (Å²) in [7, 11) is -3.30. The predicted octanol–water partition coefficient (Wildman–Crippen LogP) is 5.38. The van der Waals surface area contributed by atoms with Crippen LogP contribution in [0.25, 0.3) is 0 Å². The Morgan fingerprint density at radius 1 is 1.05 bits per heavy atom. The van der Waals surface area contributed by atoms with Crippen molar-refractivity contribution in [3.63, 3.8) is 0 Å². The van der Waals surface area contributed by atoms with Gasteiger partial charge in [0, 0.05) is 44.0 Å². The number of likely N-dealkylation sites (tertiary alicyclic amines) is 1. The summed E-state index contributed by atoms with van der Waals surface area (Å²) >= 11 is 0. The van der Waals surface area contributed by atoms with Crippen molar-refractivity contribution < 1.29 is 17.9 Å². The molecule has 1 saturated carbocycles. The van der Waals surface area contributed by atoms with Crippen molar-refractivity contribution in [1.29, 1.82) is 0 Å². The normalized spacial score (nSPS) is 16.6. The van der Waals surface area contributed by atoms with E-state index in [4.69, 9.17) is 4.74 Å². The number of urea groups is 1. The second-order valence-electron chi connectivity index (χ2n) is 10.0. The highest BCUT2D eigenvalue weighted by molar-refractivity contribution is 7.92. The number of anilines is 1. The molecule has 4 rings (SSSR count). The summed E-state index contributed by atoms with van der Waals surface area (Å²) < 4.78 is 31.0. The van der Waals surface area contributed by atoms with Crippen LogP contribution in [0.2, 0.25) is 0 Å². The first-order valence-electron chi connectivity index (χ1n) is 13.0. The maximum absolute atomic E-state index is 12.9. The Kier molecular flexibility index (Phi) is 10.9. The van der Waals surface area contributed by atoms with Crippen molar-refractivity contribution in [3.8, 4) is 11.5 Å². The van der Waals surface area contributed by atoms with Crippen molar-refractivity contribution >= 4 is 34.1 Å². The molecule has 0 bridgehead atoms. The van der Waals surface area contributed by atoms with Gasteiger partial charge in [-0.3, -0.25) is 9.62 Å². The van der Waals surface area contributed by atoms with Crippen LogP contribution in [-0.4, -0.2) is 62.2 Å². The third-order valence-electron chi connectivity index (χ3n) is 6.99. The van der Waals surface area contributed by atoms with Crippen LogP contribution >= 0.6 is 12.4 Å². The molecule has 2 aromatic rings. The molecule has 1 aliphatic heterocycles. The minimum Gasteiger partial charge on any atom is -0.457 e. The summed E-state index contributed by atoms with van der Waals surface area (Å²) in [5, 5.41) is 3.28. The summed E-state index contributed by atoms with van der Waals surface area (Å²) in [6.45, 7) is 7.32. The molecule has 38 heavy (non-hydrogen) atoms. The molecule has 2 N–H and O–H groups in total. The minimum atomic E-state index is -3.30. The van der Waals surface area contributed by atoms with Gasteiger partial charge in [0.05, 0.1) is 6.26 Å². The van der Waals surface area contributed by atoms with Gasteiger partial charge >= 0.3 is 6.03 Å². The number of rotatable bonds is 11. The van der Waals surface area contributed by atoms with E-state index in [0.29, 0.717) is 17.5 Å². The number of sulfonamides is 1. The van der Waals surface area contributed by atoms with E-state index in [-0.39, 0.29) is 24.5 Å². The summed E-state index contributed by atoms with van der Waals surface area (Å²) in [6, 6.07) is 15.5. The first-order chi connectivity index (χ1) is 17.8. The van der Waals surface area contributed by atoms with E-state index in [1.165, 1.54) is 12.0 Å². The number of hydrogen-bond acceptors (Lipinski definition) is 5. The number of benzene rings is 2. The Bertz CT molecular complexity index is 1150. The maximum Gasteiger partial charge on any atom is 0.317 e. The number of piperidine rings is 1. The SMILES string of the molecule is C=CCCN(C(=O)NC1CCN(Cc2ccc(Oc3ccc(NS(C)(=O)=O)cc3)cc2)CC1)C1CCC1.Cl. The zero-order valence-corrected chi connectivity index (χ0v) is 23.6. The van der Waals surface area contributed by atoms with Crippen LogP contribution in [0.3, 0.4) is 0 Å². The summed E-state index contributed by atoms with van der Waals surface area (Å²) in [4.78, 5) is 17.3. The molecule has 2 aromatic carbocycles. The van der Waals surface area contributed by atoms with Gasteiger partial charge in [-0.1, -0.05) is 18.2 Å². The van der Waals surface area contributed by atoms with Gasteiger partial charge in [-0.05, 0) is 80.5 Å². The molecule has 2 aliphatic rings. The van der Waals surface area contributed by atoms with Crippen molar-refractivity contribution in [2.45, 2.75) is 57.2 Å². The largest absolute Gasteiger partial charge is 0.457 e. The molecule has 1 aliphatic carbocycles. The average molecular weight is 563 g/mol. The zero-order valence-electron chi connectivity index (χ0n) is 22.0. The quantitative estimate of drug-likeness (QED) is 0.359. The molecular formula is C28H39ClN4O4S. The lowest BCUT2D eigenvalue weighted by atomic mass is 9.91. The van der Waals surface area contributed by atoms with Crippen LogP contribution in [0.5, 0.6) is 11.5 Å². The number of amides is 2. The Labute approximate surface area is 232 Å². The summed E-state index contributed by atoms with van der Waals surface area (Å²) in [6.07, 6.45) is 9.19. The summed E-state index contributed by atoms with van der Waals surface area (Å²) in [5.41, 5.74) is 1.71. The second-order valence-corrected chi connectivity index (χ2v) is 11.7. The van der Waals surface area contributed by atoms with Crippen LogP contribution in [0.4, 0.5) is 10.5 Å². The Hall–Kier alpha value is -2.75. The van der Waals surface area contributed by atoms with Crippen LogP contribution in [0.15, 0.2) is 61.2 Å². The number of carbonyl (C=O) groups is 1. The zero-order chi connectivity index (χ0) is 26.3. The number of nitrogens with zero attached hydrogens (tertiary/aromatic N) is 2. The van der Waals surface area contributed by atoms with Crippen molar-refractivity contribution in [2.75, 3.05) is 30.6 Å². The van der Waals surface area contributed by atoms with Crippen molar-refractivity contribution in [1.82, 2.24) is 15.1 Å². The monoisotopic (exact) mass is 562 g/mol. The van der Waals surface area contributed by atoms with E-state index in [9.17, 15) is 13.2 Å². The van der Waals surface area contributed by atoms with Gasteiger partial charge in [0.1, 0.15) is 11.5 Å². The van der Waals surface area contributed by atoms with E-state index < -0.39 is 10.0 Å². The molecule has 2 amide bonds. The third-order valence-corrected chi connectivity index (χ3v) is 7.59. The van der Waals surface area contributed by atoms with Crippen molar-refractivity contribution in [3.05, 3.63) is 66.7 Å². The molecule has 0 unspecified atom stereocenters. The van der Waals surface area contributed by atoms with Gasteiger partial charge in [-0.2, -0.15) is 0 Å². The molecule has 0 aromatic heterocycles. The van der Waals surface area contributed by atoms with Crippen molar-refractivity contribution in [2.24, 2.45) is 0 Å². The van der Waals surface area contributed by atoms with Gasteiger partial charge < -0.3 is 15.0 Å². The average Bonchev–Trinajstić information content (AvgIpc) is 2.83. The van der Waals surface area contributed by atoms with Gasteiger partial charge in [-0.15, -0.1) is 19.0 Å². The lowest BCUT2D eigenvalue weighted by Crippen LogP contribution is -2.53. The van der Waals surface area contributed by atoms with Gasteiger partial charge in [0.2, 0.25) is 10.0 Å². The molecule has 0 atom stereocenters. The fourth-order valence-corrected chi connectivity index (χ4v) is 5.30. The Balaban J connectivity index is 0.00000400. The molecule has 10 heteroatoms. The number of ether oxygens (including phenoxy) is 1. The van der Waals surface area contributed by atoms with E-state index in [2.05, 4.69) is 33.7 Å². The highest BCUT2D eigenvalue weighted by atomic mass is 35.5. The van der Waals surface area contributed by atoms with E-state index in [0.717, 1.165) is 70.3 Å². The van der Waals surface area contributed by atoms with Gasteiger partial charge in [-0.25, -0.2) is 13.2 Å². The van der Waals surface area contributed by atoms with E-state index in [1.807, 2.05) is 23.1 Å². The first kappa shape index (κ1) is 29.8. The Morgan fingerprint density at radius 3 is 2.18 bits per heavy atom. The fraction of sp³-hybridized carbons (Fsp3) is 0.464. The third kappa shape index (κ3) is 8.92. The molecular weight excluding hydrogens is 524 g/mol. The number of nitrogens with one attached hydrogen (secondary N) is 2. The number of carbonyl (C=O) groups excluding carboxylic acids is 1. The molecule has 1 heterocycles. The second kappa shape index (κ2) is 13.9. The molecule has 8 nitrogen and oxygen atoms in total. The number of hydrogen-bond donors (Lipinski definition) is 2. The lowest BCUT2D eigenvalue weighted by Gasteiger charge is -2.39. The van der Waals surface area contributed by atoms with Crippen LogP contribution in [0, 0.1) is 0 Å². The first-order valence-corrected chi connectivity index (χ1v) is 14.9. The maximum atomic E-state index is 12.9. The minimum absolute atomic E-state index is 0. The molecule has 2 fully saturated rings. The van der Waals surface area contributed by atoms with Gasteiger partial charge in [0.25, 0.3) is 0 Å². The molecule has 1 saturated heterocycles. The highest BCUT2D eigenvalue weighted by Gasteiger charge is 2.30. The lowest BCUT2D eigenvalue weighted by molar-refractivity contribution is 0.129. The summed E-state index contributed by atoms with van der Waals surface area (Å²) in [5.74, 6) is 1.36. The topological polar surface area (TPSA) is 91.0 Å². The predicted molar refractivity (Wildman–Crippen MR) is 155 cm³/mol. The molecule has 0 spiro atoms. The van der Waals surface area contributed by atoms with Crippen LogP contribution in [-0.2, 0) is 16.6 Å². The number of halogens is 1. The fourth-order valence-electron chi connectivity index (χ4n) is 4.73. The Morgan fingerprint density at radius 2 is 1.66 bits per heavy atom. The molecule has 208 valence electrons.